The number of nitrogens with zero attached hydrogens (tertiary/aromatic N) is 4. The molecule has 0 aliphatic rings. The maximum absolute atomic E-state index is 13.3. The molecule has 41 heavy (non-hydrogen) atoms. The van der Waals surface area contributed by atoms with Crippen LogP contribution in [0, 0.1) is 0 Å². The van der Waals surface area contributed by atoms with Crippen LogP contribution in [0.15, 0.2) is 114 Å². The second kappa shape index (κ2) is 11.7. The van der Waals surface area contributed by atoms with Gasteiger partial charge in [0.2, 0.25) is 5.95 Å². The number of oxazole rings is 1. The van der Waals surface area contributed by atoms with Gasteiger partial charge in [0.15, 0.2) is 17.9 Å². The molecule has 6 aromatic rings. The van der Waals surface area contributed by atoms with Gasteiger partial charge in [0.1, 0.15) is 0 Å². The van der Waals surface area contributed by atoms with E-state index in [0.29, 0.717) is 41.3 Å². The summed E-state index contributed by atoms with van der Waals surface area (Å²) in [5, 5.41) is 6.19. The van der Waals surface area contributed by atoms with E-state index in [0.717, 1.165) is 22.3 Å². The van der Waals surface area contributed by atoms with Gasteiger partial charge in [0.05, 0.1) is 23.8 Å². The van der Waals surface area contributed by atoms with Crippen LogP contribution < -0.4 is 10.6 Å². The van der Waals surface area contributed by atoms with Crippen molar-refractivity contribution in [2.75, 3.05) is 17.2 Å². The number of carbonyl (C=O) groups is 2. The number of imidazole rings is 1. The number of carbonyl (C=O) groups excluding carboxylic acids is 2. The summed E-state index contributed by atoms with van der Waals surface area (Å²) in [6.45, 7) is 0.734. The molecule has 3 aromatic carbocycles. The number of nitrogens with one attached hydrogen (secondary N) is 2. The molecule has 0 radical (unpaired) electrons. The molecule has 0 saturated heterocycles. The molecule has 1 amide bonds. The molecule has 6 rings (SSSR count). The monoisotopic (exact) mass is 542 g/mol. The second-order valence-electron chi connectivity index (χ2n) is 9.45. The fourth-order valence-corrected chi connectivity index (χ4v) is 4.60. The van der Waals surface area contributed by atoms with E-state index in [1.54, 1.807) is 42.7 Å². The number of ketones is 1. The Hall–Kier alpha value is -5.57. The first-order valence-corrected chi connectivity index (χ1v) is 13.2. The molecule has 3 heterocycles. The summed E-state index contributed by atoms with van der Waals surface area (Å²) >= 11 is 0. The number of anilines is 2. The minimum atomic E-state index is -0.295. The van der Waals surface area contributed by atoms with Crippen molar-refractivity contribution in [3.8, 4) is 11.3 Å². The van der Waals surface area contributed by atoms with E-state index in [-0.39, 0.29) is 18.2 Å². The van der Waals surface area contributed by atoms with Crippen molar-refractivity contribution in [3.63, 3.8) is 0 Å². The summed E-state index contributed by atoms with van der Waals surface area (Å²) in [5.41, 5.74) is 5.25. The highest BCUT2D eigenvalue weighted by molar-refractivity contribution is 6.05. The van der Waals surface area contributed by atoms with Crippen LogP contribution in [-0.2, 0) is 13.0 Å². The number of rotatable bonds is 10. The number of pyridine rings is 1. The smallest absolute Gasteiger partial charge is 0.257 e. The number of aryl methyl sites for hydroxylation is 2. The van der Waals surface area contributed by atoms with Crippen molar-refractivity contribution < 1.29 is 14.0 Å². The van der Waals surface area contributed by atoms with Crippen molar-refractivity contribution in [2.24, 2.45) is 0 Å². The Bertz CT molecular complexity index is 1800. The van der Waals surface area contributed by atoms with Crippen LogP contribution in [0.3, 0.4) is 0 Å². The second-order valence-corrected chi connectivity index (χ2v) is 9.45. The van der Waals surface area contributed by atoms with Crippen molar-refractivity contribution in [3.05, 3.63) is 127 Å². The molecule has 0 unspecified atom stereocenters. The Labute approximate surface area is 235 Å². The van der Waals surface area contributed by atoms with Gasteiger partial charge in [-0.2, -0.15) is 0 Å². The molecule has 0 aliphatic heterocycles. The lowest BCUT2D eigenvalue weighted by Gasteiger charge is -2.11. The molecule has 0 fully saturated rings. The molecule has 3 aromatic heterocycles. The van der Waals surface area contributed by atoms with Gasteiger partial charge in [-0.3, -0.25) is 19.9 Å². The normalized spacial score (nSPS) is 10.9. The van der Waals surface area contributed by atoms with Crippen molar-refractivity contribution in [1.82, 2.24) is 19.5 Å². The fourth-order valence-electron chi connectivity index (χ4n) is 4.60. The zero-order valence-electron chi connectivity index (χ0n) is 22.0. The summed E-state index contributed by atoms with van der Waals surface area (Å²) in [6.07, 6.45) is 7.24. The van der Waals surface area contributed by atoms with E-state index in [1.165, 1.54) is 6.39 Å². The highest BCUT2D eigenvalue weighted by Gasteiger charge is 2.16. The molecule has 0 aliphatic carbocycles. The Kier molecular flexibility index (Phi) is 7.31. The molecular formula is C32H26N6O3. The fraction of sp³-hybridized carbons (Fsp3) is 0.0938. The van der Waals surface area contributed by atoms with Gasteiger partial charge in [-0.1, -0.05) is 48.5 Å². The first-order valence-electron chi connectivity index (χ1n) is 13.2. The molecule has 9 heteroatoms. The third kappa shape index (κ3) is 5.89. The standard InChI is InChI=1S/C32H26N6O3/c39-29(23-7-2-1-3-8-23)19-35-26-11-12-28-27(17-26)36-32(38(28)15-13-22-6-5-14-33-18-22)37-31(40)25-10-4-9-24(16-25)30-20-34-21-41-30/h1-12,14,16-18,20-21,35H,13,15,19H2,(H,36,37,40). The third-order valence-corrected chi connectivity index (χ3v) is 6.71. The summed E-state index contributed by atoms with van der Waals surface area (Å²) in [6, 6.07) is 26.0. The predicted molar refractivity (Wildman–Crippen MR) is 157 cm³/mol. The Morgan fingerprint density at radius 1 is 0.854 bits per heavy atom. The van der Waals surface area contributed by atoms with Crippen LogP contribution in [0.1, 0.15) is 26.3 Å². The van der Waals surface area contributed by atoms with E-state index in [9.17, 15) is 9.59 Å². The zero-order valence-corrected chi connectivity index (χ0v) is 22.0. The summed E-state index contributed by atoms with van der Waals surface area (Å²) in [5.74, 6) is 0.704. The van der Waals surface area contributed by atoms with E-state index in [1.807, 2.05) is 65.4 Å². The Balaban J connectivity index is 1.26. The highest BCUT2D eigenvalue weighted by atomic mass is 16.3. The van der Waals surface area contributed by atoms with Crippen LogP contribution in [0.5, 0.6) is 0 Å². The van der Waals surface area contributed by atoms with Gasteiger partial charge in [-0.05, 0) is 48.4 Å². The topological polar surface area (TPSA) is 115 Å². The number of aromatic nitrogens is 4. The van der Waals surface area contributed by atoms with Gasteiger partial charge in [-0.25, -0.2) is 9.97 Å². The lowest BCUT2D eigenvalue weighted by Crippen LogP contribution is -2.16. The van der Waals surface area contributed by atoms with Gasteiger partial charge < -0.3 is 14.3 Å². The first-order chi connectivity index (χ1) is 20.1. The van der Waals surface area contributed by atoms with E-state index >= 15 is 0 Å². The molecule has 0 saturated carbocycles. The lowest BCUT2D eigenvalue weighted by atomic mass is 10.1. The minimum Gasteiger partial charge on any atom is -0.444 e. The van der Waals surface area contributed by atoms with Gasteiger partial charge in [0.25, 0.3) is 5.91 Å². The average Bonchev–Trinajstić information content (AvgIpc) is 3.68. The molecule has 202 valence electrons. The number of benzene rings is 3. The molecule has 9 nitrogen and oxygen atoms in total. The molecular weight excluding hydrogens is 516 g/mol. The molecule has 0 spiro atoms. The SMILES string of the molecule is O=C(CNc1ccc2c(c1)nc(NC(=O)c1cccc(-c3cnco3)c1)n2CCc1cccnc1)c1ccccc1. The Morgan fingerprint density at radius 3 is 2.54 bits per heavy atom. The lowest BCUT2D eigenvalue weighted by molar-refractivity contribution is 0.100. The van der Waals surface area contributed by atoms with Crippen LogP contribution >= 0.6 is 0 Å². The van der Waals surface area contributed by atoms with Crippen LogP contribution in [0.4, 0.5) is 11.6 Å². The van der Waals surface area contributed by atoms with Crippen molar-refractivity contribution in [2.45, 2.75) is 13.0 Å². The van der Waals surface area contributed by atoms with Crippen LogP contribution in [0.2, 0.25) is 0 Å². The van der Waals surface area contributed by atoms with Crippen molar-refractivity contribution >= 4 is 34.4 Å². The highest BCUT2D eigenvalue weighted by Crippen LogP contribution is 2.25. The quantitative estimate of drug-likeness (QED) is 0.208. The summed E-state index contributed by atoms with van der Waals surface area (Å²) < 4.78 is 7.37. The molecule has 2 N–H and O–H groups in total. The summed E-state index contributed by atoms with van der Waals surface area (Å²) in [4.78, 5) is 38.9. The number of amides is 1. The third-order valence-electron chi connectivity index (χ3n) is 6.71. The predicted octanol–water partition coefficient (Wildman–Crippen LogP) is 5.88. The number of fused-ring (bicyclic) bond motifs is 1. The number of hydrogen-bond donors (Lipinski definition) is 2. The van der Waals surface area contributed by atoms with E-state index in [2.05, 4.69) is 20.6 Å². The van der Waals surface area contributed by atoms with E-state index in [4.69, 9.17) is 9.40 Å². The van der Waals surface area contributed by atoms with Crippen LogP contribution in [-0.4, -0.2) is 37.8 Å². The van der Waals surface area contributed by atoms with E-state index < -0.39 is 0 Å². The van der Waals surface area contributed by atoms with Gasteiger partial charge in [0, 0.05) is 41.3 Å². The largest absolute Gasteiger partial charge is 0.444 e. The Morgan fingerprint density at radius 2 is 1.73 bits per heavy atom. The number of hydrogen-bond acceptors (Lipinski definition) is 7. The summed E-state index contributed by atoms with van der Waals surface area (Å²) in [7, 11) is 0. The zero-order chi connectivity index (χ0) is 28.0. The van der Waals surface area contributed by atoms with Gasteiger partial charge >= 0.3 is 0 Å². The van der Waals surface area contributed by atoms with Gasteiger partial charge in [-0.15, -0.1) is 0 Å². The van der Waals surface area contributed by atoms with Crippen molar-refractivity contribution in [1.29, 1.82) is 0 Å². The molecule has 0 atom stereocenters. The minimum absolute atomic E-state index is 0.00629. The first kappa shape index (κ1) is 25.7. The average molecular weight is 543 g/mol. The number of Topliss-reactive ketones (excluding diaryl/α,β-unsaturated/α-hetero) is 1. The maximum atomic E-state index is 13.3. The van der Waals surface area contributed by atoms with Crippen LogP contribution in [0.25, 0.3) is 22.4 Å². The molecule has 0 bridgehead atoms. The maximum Gasteiger partial charge on any atom is 0.257 e.